The second kappa shape index (κ2) is 10.3. The summed E-state index contributed by atoms with van der Waals surface area (Å²) in [6.07, 6.45) is 0. The average molecular weight is 606 g/mol. The van der Waals surface area contributed by atoms with Gasteiger partial charge in [-0.1, -0.05) is 6.07 Å². The van der Waals surface area contributed by atoms with E-state index < -0.39 is 10.0 Å². The van der Waals surface area contributed by atoms with Gasteiger partial charge in [0, 0.05) is 42.5 Å². The predicted octanol–water partition coefficient (Wildman–Crippen LogP) is 4.56. The van der Waals surface area contributed by atoms with Crippen molar-refractivity contribution in [3.63, 3.8) is 0 Å². The molecular weight excluding hydrogens is 577 g/mol. The number of amides is 1. The van der Waals surface area contributed by atoms with Crippen LogP contribution in [-0.2, 0) is 21.5 Å². The van der Waals surface area contributed by atoms with E-state index in [0.717, 1.165) is 0 Å². The Morgan fingerprint density at radius 2 is 1.91 bits per heavy atom. The van der Waals surface area contributed by atoms with Gasteiger partial charge in [0.1, 0.15) is 28.4 Å². The topological polar surface area (TPSA) is 128 Å². The van der Waals surface area contributed by atoms with Crippen LogP contribution in [0.15, 0.2) is 52.9 Å². The minimum absolute atomic E-state index is 0.151. The molecule has 2 aliphatic rings. The van der Waals surface area contributed by atoms with E-state index >= 15 is 0 Å². The number of morpholine rings is 1. The van der Waals surface area contributed by atoms with Crippen LogP contribution in [0.1, 0.15) is 17.3 Å². The zero-order valence-corrected chi connectivity index (χ0v) is 24.3. The van der Waals surface area contributed by atoms with Crippen molar-refractivity contribution in [1.29, 1.82) is 0 Å². The minimum Gasteiger partial charge on any atom is -0.470 e. The van der Waals surface area contributed by atoms with E-state index in [-0.39, 0.29) is 29.9 Å². The van der Waals surface area contributed by atoms with Gasteiger partial charge in [-0.3, -0.25) is 9.52 Å². The van der Waals surface area contributed by atoms with E-state index in [1.165, 1.54) is 6.07 Å². The molecule has 1 fully saturated rings. The van der Waals surface area contributed by atoms with Gasteiger partial charge in [0.25, 0.3) is 5.91 Å². The zero-order chi connectivity index (χ0) is 29.9. The van der Waals surface area contributed by atoms with Crippen molar-refractivity contribution in [2.45, 2.75) is 13.7 Å². The first-order valence-electron chi connectivity index (χ1n) is 13.9. The summed E-state index contributed by atoms with van der Waals surface area (Å²) in [4.78, 5) is 20.0. The second-order valence-electron chi connectivity index (χ2n) is 10.3. The van der Waals surface area contributed by atoms with Crippen molar-refractivity contribution in [3.05, 3.63) is 59.9 Å². The van der Waals surface area contributed by atoms with Gasteiger partial charge >= 0.3 is 0 Å². The van der Waals surface area contributed by atoms with Gasteiger partial charge in [0.05, 0.1) is 41.6 Å². The molecular formula is C30H28FN5O6S. The number of fused-ring (bicyclic) bond motifs is 6. The van der Waals surface area contributed by atoms with Crippen molar-refractivity contribution in [2.75, 3.05) is 48.7 Å². The van der Waals surface area contributed by atoms with Crippen LogP contribution >= 0.6 is 0 Å². The molecule has 5 aromatic rings. The molecule has 2 aromatic carbocycles. The molecule has 0 unspecified atom stereocenters. The molecule has 7 rings (SSSR count). The first kappa shape index (κ1) is 27.2. The monoisotopic (exact) mass is 605 g/mol. The maximum Gasteiger partial charge on any atom is 0.257 e. The largest absolute Gasteiger partial charge is 0.470 e. The van der Waals surface area contributed by atoms with E-state index in [9.17, 15) is 17.6 Å². The minimum atomic E-state index is -3.70. The molecule has 43 heavy (non-hydrogen) atoms. The molecule has 5 heterocycles. The molecule has 2 N–H and O–H groups in total. The van der Waals surface area contributed by atoms with Crippen molar-refractivity contribution in [3.8, 4) is 28.4 Å². The number of aromatic nitrogens is 2. The first-order valence-corrected chi connectivity index (χ1v) is 15.5. The fraction of sp³-hybridized carbons (Fsp3) is 0.267. The molecule has 0 radical (unpaired) electrons. The van der Waals surface area contributed by atoms with Crippen LogP contribution in [0.25, 0.3) is 44.5 Å². The Balaban J connectivity index is 1.45. The van der Waals surface area contributed by atoms with Crippen LogP contribution in [0.3, 0.4) is 0 Å². The Hall–Kier alpha value is -4.62. The SMILES string of the molecule is CCS(=O)(=O)Nc1cc2oc(N3CCOCC3)c(C(=O)NC)c2cc1-c1ccc2c(n1)-c1cc3c(F)cccc3n1CO2. The standard InChI is InChI=1S/C30H28FN5O6S/c1-3-43(38,39)34-22-15-26-19(27(29(37)32-2)30(42-26)35-9-11-40-12-10-35)13-18(22)21-7-8-25-28(33-21)24-14-17-20(31)5-4-6-23(17)36(24)16-41-25/h4-8,13-15,34H,3,9-12,16H2,1-2H3,(H,32,37). The highest BCUT2D eigenvalue weighted by Crippen LogP contribution is 2.43. The number of ether oxygens (including phenoxy) is 2. The summed E-state index contributed by atoms with van der Waals surface area (Å²) in [5.74, 6) is 0.0584. The molecule has 0 spiro atoms. The number of rotatable bonds is 6. The summed E-state index contributed by atoms with van der Waals surface area (Å²) in [7, 11) is -2.16. The molecule has 3 aromatic heterocycles. The average Bonchev–Trinajstić information content (AvgIpc) is 3.60. The Morgan fingerprint density at radius 3 is 2.67 bits per heavy atom. The molecule has 0 atom stereocenters. The summed E-state index contributed by atoms with van der Waals surface area (Å²) < 4.78 is 62.4. The van der Waals surface area contributed by atoms with Crippen molar-refractivity contribution in [1.82, 2.24) is 14.9 Å². The molecule has 0 saturated carbocycles. The van der Waals surface area contributed by atoms with Gasteiger partial charge in [-0.05, 0) is 43.3 Å². The maximum atomic E-state index is 14.7. The Kier molecular flexibility index (Phi) is 6.51. The van der Waals surface area contributed by atoms with Crippen LogP contribution in [0, 0.1) is 5.82 Å². The number of benzene rings is 2. The number of carbonyl (C=O) groups is 1. The van der Waals surface area contributed by atoms with Crippen LogP contribution < -0.4 is 19.7 Å². The van der Waals surface area contributed by atoms with Gasteiger partial charge in [0.15, 0.2) is 6.73 Å². The van der Waals surface area contributed by atoms with Gasteiger partial charge in [-0.15, -0.1) is 0 Å². The quantitative estimate of drug-likeness (QED) is 0.288. The summed E-state index contributed by atoms with van der Waals surface area (Å²) in [6, 6.07) is 13.4. The van der Waals surface area contributed by atoms with Crippen LogP contribution in [-0.4, -0.2) is 63.0 Å². The first-order chi connectivity index (χ1) is 20.8. The fourth-order valence-corrected chi connectivity index (χ4v) is 6.26. The number of sulfonamides is 1. The highest BCUT2D eigenvalue weighted by atomic mass is 32.2. The van der Waals surface area contributed by atoms with Gasteiger partial charge in [-0.2, -0.15) is 0 Å². The third kappa shape index (κ3) is 4.55. The summed E-state index contributed by atoms with van der Waals surface area (Å²) in [6.45, 7) is 3.77. The zero-order valence-electron chi connectivity index (χ0n) is 23.4. The third-order valence-electron chi connectivity index (χ3n) is 7.83. The highest BCUT2D eigenvalue weighted by Gasteiger charge is 2.29. The number of nitrogens with one attached hydrogen (secondary N) is 2. The van der Waals surface area contributed by atoms with E-state index in [4.69, 9.17) is 18.9 Å². The normalized spacial score (nSPS) is 14.8. The number of pyridine rings is 1. The van der Waals surface area contributed by atoms with Gasteiger partial charge in [0.2, 0.25) is 15.9 Å². The lowest BCUT2D eigenvalue weighted by atomic mass is 10.0. The number of hydrogen-bond acceptors (Lipinski definition) is 8. The smallest absolute Gasteiger partial charge is 0.257 e. The molecule has 13 heteroatoms. The molecule has 0 aliphatic carbocycles. The predicted molar refractivity (Wildman–Crippen MR) is 160 cm³/mol. The van der Waals surface area contributed by atoms with E-state index in [0.29, 0.717) is 88.0 Å². The Labute approximate surface area is 246 Å². The van der Waals surface area contributed by atoms with Crippen molar-refractivity contribution < 1.29 is 31.5 Å². The van der Waals surface area contributed by atoms with Gasteiger partial charge < -0.3 is 28.7 Å². The number of furan rings is 1. The Morgan fingerprint density at radius 1 is 1.09 bits per heavy atom. The van der Waals surface area contributed by atoms with Crippen molar-refractivity contribution >= 4 is 49.4 Å². The van der Waals surface area contributed by atoms with Crippen molar-refractivity contribution in [2.24, 2.45) is 0 Å². The van der Waals surface area contributed by atoms with Crippen LogP contribution in [0.2, 0.25) is 0 Å². The summed E-state index contributed by atoms with van der Waals surface area (Å²) in [5, 5.41) is 3.64. The number of nitrogens with zero attached hydrogens (tertiary/aromatic N) is 3. The Bertz CT molecular complexity index is 2030. The fourth-order valence-electron chi connectivity index (χ4n) is 5.61. The highest BCUT2D eigenvalue weighted by molar-refractivity contribution is 7.92. The number of halogens is 1. The molecule has 222 valence electrons. The van der Waals surface area contributed by atoms with Crippen LogP contribution in [0.4, 0.5) is 16.0 Å². The molecule has 1 saturated heterocycles. The second-order valence-corrected chi connectivity index (χ2v) is 12.3. The summed E-state index contributed by atoms with van der Waals surface area (Å²) in [5.41, 5.74) is 3.61. The van der Waals surface area contributed by atoms with E-state index in [1.807, 2.05) is 15.5 Å². The van der Waals surface area contributed by atoms with Crippen LogP contribution in [0.5, 0.6) is 5.75 Å². The molecule has 1 amide bonds. The molecule has 11 nitrogen and oxygen atoms in total. The van der Waals surface area contributed by atoms with E-state index in [2.05, 4.69) is 10.0 Å². The third-order valence-corrected chi connectivity index (χ3v) is 9.12. The number of hydrogen-bond donors (Lipinski definition) is 2. The van der Waals surface area contributed by atoms with E-state index in [1.54, 1.807) is 50.4 Å². The number of anilines is 2. The summed E-state index contributed by atoms with van der Waals surface area (Å²) >= 11 is 0. The lowest BCUT2D eigenvalue weighted by Crippen LogP contribution is -2.37. The lowest BCUT2D eigenvalue weighted by molar-refractivity contribution is 0.0961. The van der Waals surface area contributed by atoms with Gasteiger partial charge in [-0.25, -0.2) is 17.8 Å². The molecule has 2 aliphatic heterocycles. The number of carbonyl (C=O) groups excluding carboxylic acids is 1. The molecule has 0 bridgehead atoms. The maximum absolute atomic E-state index is 14.7. The lowest BCUT2D eigenvalue weighted by Gasteiger charge is -2.27.